The molecule has 0 saturated heterocycles. The molecule has 88 valence electrons. The maximum atomic E-state index is 12.5. The number of nitrogen functional groups attached to an aromatic ring is 1. The normalized spacial score (nSPS) is 24.3. The molecule has 2 fully saturated rings. The van der Waals surface area contributed by atoms with Crippen molar-refractivity contribution in [3.05, 3.63) is 22.7 Å². The Balaban J connectivity index is 1.95. The van der Waals surface area contributed by atoms with Crippen LogP contribution in [0.4, 0.5) is 11.4 Å². The zero-order chi connectivity index (χ0) is 11.8. The lowest BCUT2D eigenvalue weighted by molar-refractivity contribution is -0.120. The van der Waals surface area contributed by atoms with Gasteiger partial charge in [-0.15, -0.1) is 0 Å². The average molecular weight is 249 g/mol. The summed E-state index contributed by atoms with van der Waals surface area (Å²) in [7, 11) is 0. The zero-order valence-corrected chi connectivity index (χ0v) is 10.1. The first-order valence-corrected chi connectivity index (χ1v) is 6.44. The molecular weight excluding hydrogens is 236 g/mol. The van der Waals surface area contributed by atoms with Crippen molar-refractivity contribution in [3.63, 3.8) is 0 Å². The van der Waals surface area contributed by atoms with Crippen molar-refractivity contribution in [1.29, 1.82) is 0 Å². The molecule has 17 heavy (non-hydrogen) atoms. The minimum Gasteiger partial charge on any atom is -0.398 e. The molecular formula is C13H13ClN2O. The number of nitrogens with zero attached hydrogens (tertiary/aromatic N) is 1. The van der Waals surface area contributed by atoms with Crippen LogP contribution in [0.5, 0.6) is 0 Å². The lowest BCUT2D eigenvalue weighted by atomic mass is 9.97. The predicted molar refractivity (Wildman–Crippen MR) is 67.3 cm³/mol. The van der Waals surface area contributed by atoms with Gasteiger partial charge in [0.05, 0.1) is 16.1 Å². The molecule has 0 unspecified atom stereocenters. The maximum absolute atomic E-state index is 12.5. The van der Waals surface area contributed by atoms with Crippen LogP contribution in [0.25, 0.3) is 0 Å². The van der Waals surface area contributed by atoms with Crippen LogP contribution in [-0.2, 0) is 10.2 Å². The van der Waals surface area contributed by atoms with Gasteiger partial charge in [-0.2, -0.15) is 0 Å². The molecule has 4 heteroatoms. The SMILES string of the molecule is Nc1cc2c(cc1Cl)N(C1CC1)C(=O)C21CC1. The topological polar surface area (TPSA) is 46.3 Å². The van der Waals surface area contributed by atoms with E-state index < -0.39 is 0 Å². The standard InChI is InChI=1S/C13H13ClN2O/c14-9-6-11-8(5-10(9)15)13(3-4-13)12(17)16(11)7-1-2-7/h5-7H,1-4,15H2. The number of carbonyl (C=O) groups is 1. The lowest BCUT2D eigenvalue weighted by Gasteiger charge is -2.17. The van der Waals surface area contributed by atoms with E-state index in [4.69, 9.17) is 17.3 Å². The highest BCUT2D eigenvalue weighted by Crippen LogP contribution is 2.60. The summed E-state index contributed by atoms with van der Waals surface area (Å²) in [6.07, 6.45) is 4.15. The molecule has 1 aromatic carbocycles. The molecule has 1 heterocycles. The number of halogens is 1. The van der Waals surface area contributed by atoms with Gasteiger partial charge in [-0.1, -0.05) is 11.6 Å². The number of hydrogen-bond donors (Lipinski definition) is 1. The Hall–Kier alpha value is -1.22. The molecule has 1 aliphatic heterocycles. The van der Waals surface area contributed by atoms with Crippen LogP contribution in [0.1, 0.15) is 31.2 Å². The van der Waals surface area contributed by atoms with E-state index >= 15 is 0 Å². The van der Waals surface area contributed by atoms with Crippen molar-refractivity contribution in [2.24, 2.45) is 0 Å². The van der Waals surface area contributed by atoms with Crippen LogP contribution < -0.4 is 10.6 Å². The van der Waals surface area contributed by atoms with Gasteiger partial charge in [0.25, 0.3) is 0 Å². The van der Waals surface area contributed by atoms with Gasteiger partial charge in [-0.3, -0.25) is 4.79 Å². The third-order valence-electron chi connectivity index (χ3n) is 4.18. The van der Waals surface area contributed by atoms with Gasteiger partial charge < -0.3 is 10.6 Å². The molecule has 2 aliphatic carbocycles. The van der Waals surface area contributed by atoms with Crippen LogP contribution in [0, 0.1) is 0 Å². The molecule has 4 rings (SSSR count). The van der Waals surface area contributed by atoms with Gasteiger partial charge in [0, 0.05) is 11.7 Å². The van der Waals surface area contributed by atoms with Crippen molar-refractivity contribution in [2.75, 3.05) is 10.6 Å². The fraction of sp³-hybridized carbons (Fsp3) is 0.462. The van der Waals surface area contributed by atoms with Gasteiger partial charge in [-0.05, 0) is 43.4 Å². The summed E-state index contributed by atoms with van der Waals surface area (Å²) in [6.45, 7) is 0. The first kappa shape index (κ1) is 9.77. The monoisotopic (exact) mass is 248 g/mol. The maximum Gasteiger partial charge on any atom is 0.237 e. The minimum atomic E-state index is -0.239. The Morgan fingerprint density at radius 2 is 2.06 bits per heavy atom. The Labute approximate surface area is 105 Å². The van der Waals surface area contributed by atoms with E-state index in [1.807, 2.05) is 17.0 Å². The van der Waals surface area contributed by atoms with E-state index in [1.54, 1.807) is 0 Å². The molecule has 2 N–H and O–H groups in total. The number of benzene rings is 1. The summed E-state index contributed by atoms with van der Waals surface area (Å²) in [5, 5.41) is 0.555. The molecule has 1 amide bonds. The number of hydrogen-bond acceptors (Lipinski definition) is 2. The largest absolute Gasteiger partial charge is 0.398 e. The number of nitrogens with two attached hydrogens (primary N) is 1. The van der Waals surface area contributed by atoms with Gasteiger partial charge >= 0.3 is 0 Å². The predicted octanol–water partition coefficient (Wildman–Crippen LogP) is 2.46. The number of anilines is 2. The molecule has 3 nitrogen and oxygen atoms in total. The third-order valence-corrected chi connectivity index (χ3v) is 4.51. The third kappa shape index (κ3) is 1.10. The molecule has 1 aromatic rings. The van der Waals surface area contributed by atoms with E-state index in [0.29, 0.717) is 16.8 Å². The van der Waals surface area contributed by atoms with Gasteiger partial charge in [0.15, 0.2) is 0 Å². The van der Waals surface area contributed by atoms with Crippen LogP contribution in [0.2, 0.25) is 5.02 Å². The van der Waals surface area contributed by atoms with E-state index in [9.17, 15) is 4.79 Å². The second kappa shape index (κ2) is 2.78. The highest BCUT2D eigenvalue weighted by Gasteiger charge is 2.61. The van der Waals surface area contributed by atoms with Crippen LogP contribution in [-0.4, -0.2) is 11.9 Å². The fourth-order valence-electron chi connectivity index (χ4n) is 2.92. The lowest BCUT2D eigenvalue weighted by Crippen LogP contribution is -2.33. The van der Waals surface area contributed by atoms with Crippen LogP contribution >= 0.6 is 11.6 Å². The Bertz CT molecular complexity index is 547. The highest BCUT2D eigenvalue weighted by molar-refractivity contribution is 6.33. The number of fused-ring (bicyclic) bond motifs is 2. The van der Waals surface area contributed by atoms with E-state index in [-0.39, 0.29) is 11.3 Å². The molecule has 2 saturated carbocycles. The van der Waals surface area contributed by atoms with E-state index in [0.717, 1.165) is 36.9 Å². The first-order chi connectivity index (χ1) is 8.13. The number of amides is 1. The summed E-state index contributed by atoms with van der Waals surface area (Å²) >= 11 is 6.08. The van der Waals surface area contributed by atoms with Gasteiger partial charge in [0.2, 0.25) is 5.91 Å². The molecule has 0 atom stereocenters. The smallest absolute Gasteiger partial charge is 0.237 e. The van der Waals surface area contributed by atoms with Crippen molar-refractivity contribution in [2.45, 2.75) is 37.1 Å². The molecule has 0 radical (unpaired) electrons. The Morgan fingerprint density at radius 3 is 2.65 bits per heavy atom. The van der Waals surface area contributed by atoms with E-state index in [1.165, 1.54) is 0 Å². The van der Waals surface area contributed by atoms with Crippen LogP contribution in [0.3, 0.4) is 0 Å². The second-order valence-corrected chi connectivity index (χ2v) is 5.79. The summed E-state index contributed by atoms with van der Waals surface area (Å²) < 4.78 is 0. The summed E-state index contributed by atoms with van der Waals surface area (Å²) in [4.78, 5) is 14.5. The fourth-order valence-corrected chi connectivity index (χ4v) is 3.08. The van der Waals surface area contributed by atoms with Crippen molar-refractivity contribution < 1.29 is 4.79 Å². The van der Waals surface area contributed by atoms with Gasteiger partial charge in [-0.25, -0.2) is 0 Å². The van der Waals surface area contributed by atoms with Crippen LogP contribution in [0.15, 0.2) is 12.1 Å². The Morgan fingerprint density at radius 1 is 1.35 bits per heavy atom. The summed E-state index contributed by atoms with van der Waals surface area (Å²) in [6, 6.07) is 4.18. The van der Waals surface area contributed by atoms with Crippen molar-refractivity contribution in [3.8, 4) is 0 Å². The summed E-state index contributed by atoms with van der Waals surface area (Å²) in [5.74, 6) is 0.275. The molecule has 0 aromatic heterocycles. The van der Waals surface area contributed by atoms with E-state index in [2.05, 4.69) is 0 Å². The highest BCUT2D eigenvalue weighted by atomic mass is 35.5. The first-order valence-electron chi connectivity index (χ1n) is 6.07. The molecule has 1 spiro atoms. The quantitative estimate of drug-likeness (QED) is 0.776. The second-order valence-electron chi connectivity index (χ2n) is 5.38. The summed E-state index contributed by atoms with van der Waals surface area (Å²) in [5.41, 5.74) is 8.32. The minimum absolute atomic E-state index is 0.239. The zero-order valence-electron chi connectivity index (χ0n) is 9.37. The number of carbonyl (C=O) groups excluding carboxylic acids is 1. The number of rotatable bonds is 1. The van der Waals surface area contributed by atoms with Crippen molar-refractivity contribution >= 4 is 28.9 Å². The molecule has 3 aliphatic rings. The van der Waals surface area contributed by atoms with Gasteiger partial charge in [0.1, 0.15) is 0 Å². The van der Waals surface area contributed by atoms with Crippen molar-refractivity contribution in [1.82, 2.24) is 0 Å². The average Bonchev–Trinajstić information content (AvgIpc) is 3.14. The molecule has 0 bridgehead atoms. The Kier molecular flexibility index (Phi) is 1.60.